The molecular weight excluding hydrogens is 392 g/mol. The average Bonchev–Trinajstić information content (AvgIpc) is 2.71. The maximum absolute atomic E-state index is 11.2. The molecule has 4 heteroatoms. The molecule has 0 saturated heterocycles. The first kappa shape index (κ1) is 19.8. The number of allylic oxidation sites excluding steroid dienone is 2. The van der Waals surface area contributed by atoms with Crippen molar-refractivity contribution in [1.82, 2.24) is 0 Å². The molecule has 144 valence electrons. The minimum atomic E-state index is -0.378. The quantitative estimate of drug-likeness (QED) is 0.620. The van der Waals surface area contributed by atoms with E-state index in [1.807, 2.05) is 12.1 Å². The summed E-state index contributed by atoms with van der Waals surface area (Å²) in [7, 11) is 3.31. The highest BCUT2D eigenvalue weighted by Gasteiger charge is 2.50. The lowest BCUT2D eigenvalue weighted by Crippen LogP contribution is -2.42. The Morgan fingerprint density at radius 2 is 1.73 bits per heavy atom. The molecule has 0 aromatic heterocycles. The molecule has 0 aliphatic heterocycles. The van der Waals surface area contributed by atoms with E-state index in [0.717, 1.165) is 29.3 Å². The molecule has 0 heterocycles. The van der Waals surface area contributed by atoms with E-state index in [9.17, 15) is 5.11 Å². The topological polar surface area (TPSA) is 38.7 Å². The van der Waals surface area contributed by atoms with Crippen LogP contribution in [-0.2, 0) is 0 Å². The van der Waals surface area contributed by atoms with Crippen LogP contribution in [0.4, 0.5) is 0 Å². The van der Waals surface area contributed by atoms with Crippen molar-refractivity contribution in [2.75, 3.05) is 14.2 Å². The van der Waals surface area contributed by atoms with Gasteiger partial charge in [0.25, 0.3) is 0 Å². The molecule has 2 aliphatic carbocycles. The van der Waals surface area contributed by atoms with Crippen LogP contribution in [0.15, 0.2) is 28.3 Å². The molecule has 0 amide bonds. The number of ether oxygens (including phenoxy) is 2. The van der Waals surface area contributed by atoms with Crippen LogP contribution in [-0.4, -0.2) is 25.4 Å². The summed E-state index contributed by atoms with van der Waals surface area (Å²) < 4.78 is 12.0. The highest BCUT2D eigenvalue weighted by Crippen LogP contribution is 2.60. The normalized spacial score (nSPS) is 30.8. The Morgan fingerprint density at radius 1 is 1.08 bits per heavy atom. The van der Waals surface area contributed by atoms with Gasteiger partial charge in [0.05, 0.1) is 20.3 Å². The molecule has 1 saturated carbocycles. The van der Waals surface area contributed by atoms with Gasteiger partial charge in [-0.25, -0.2) is 0 Å². The van der Waals surface area contributed by atoms with Crippen molar-refractivity contribution in [2.24, 2.45) is 10.8 Å². The molecule has 26 heavy (non-hydrogen) atoms. The zero-order chi connectivity index (χ0) is 19.1. The van der Waals surface area contributed by atoms with Crippen molar-refractivity contribution in [3.63, 3.8) is 0 Å². The smallest absolute Gasteiger partial charge is 0.161 e. The lowest BCUT2D eigenvalue weighted by molar-refractivity contribution is 0.0599. The molecule has 3 unspecified atom stereocenters. The summed E-state index contributed by atoms with van der Waals surface area (Å²) in [4.78, 5) is 0. The number of benzene rings is 1. The fourth-order valence-electron chi connectivity index (χ4n) is 5.42. The molecule has 3 nitrogen and oxygen atoms in total. The monoisotopic (exact) mass is 422 g/mol. The first-order valence-corrected chi connectivity index (χ1v) is 10.3. The zero-order valence-corrected chi connectivity index (χ0v) is 18.1. The third kappa shape index (κ3) is 3.20. The molecule has 1 aromatic carbocycles. The Labute approximate surface area is 165 Å². The van der Waals surface area contributed by atoms with E-state index in [-0.39, 0.29) is 22.9 Å². The predicted molar refractivity (Wildman–Crippen MR) is 109 cm³/mol. The summed E-state index contributed by atoms with van der Waals surface area (Å²) in [6.45, 7) is 7.06. The van der Waals surface area contributed by atoms with E-state index in [0.29, 0.717) is 11.5 Å². The van der Waals surface area contributed by atoms with Crippen LogP contribution in [0.2, 0.25) is 0 Å². The van der Waals surface area contributed by atoms with Gasteiger partial charge in [-0.2, -0.15) is 0 Å². The average molecular weight is 423 g/mol. The number of rotatable bonds is 3. The highest BCUT2D eigenvalue weighted by molar-refractivity contribution is 9.10. The van der Waals surface area contributed by atoms with Crippen molar-refractivity contribution in [1.29, 1.82) is 0 Å². The molecule has 0 radical (unpaired) electrons. The second kappa shape index (κ2) is 7.20. The second-order valence-corrected chi connectivity index (χ2v) is 9.48. The number of fused-ring (bicyclic) bond motifs is 1. The number of halogens is 1. The lowest BCUT2D eigenvalue weighted by Gasteiger charge is -2.50. The summed E-state index contributed by atoms with van der Waals surface area (Å²) in [5, 5.41) is 11.2. The van der Waals surface area contributed by atoms with Crippen LogP contribution in [0.25, 0.3) is 0 Å². The van der Waals surface area contributed by atoms with Gasteiger partial charge < -0.3 is 14.6 Å². The van der Waals surface area contributed by atoms with E-state index in [1.54, 1.807) is 14.2 Å². The number of aliphatic hydroxyl groups excluding tert-OH is 1. The van der Waals surface area contributed by atoms with Crippen molar-refractivity contribution in [3.05, 3.63) is 33.8 Å². The Kier molecular flexibility index (Phi) is 5.47. The van der Waals surface area contributed by atoms with Crippen LogP contribution in [0.1, 0.15) is 64.4 Å². The molecule has 1 aromatic rings. The van der Waals surface area contributed by atoms with E-state index in [4.69, 9.17) is 9.47 Å². The van der Waals surface area contributed by atoms with Crippen molar-refractivity contribution in [2.45, 2.75) is 64.9 Å². The van der Waals surface area contributed by atoms with Gasteiger partial charge in [-0.15, -0.1) is 0 Å². The first-order chi connectivity index (χ1) is 12.2. The van der Waals surface area contributed by atoms with Crippen LogP contribution in [0.5, 0.6) is 11.5 Å². The van der Waals surface area contributed by atoms with Crippen LogP contribution in [0.3, 0.4) is 0 Å². The Bertz CT molecular complexity index is 710. The molecule has 0 spiro atoms. The summed E-state index contributed by atoms with van der Waals surface area (Å²) in [6.07, 6.45) is 7.27. The fourth-order valence-corrected chi connectivity index (χ4v) is 5.99. The third-order valence-corrected chi connectivity index (χ3v) is 7.25. The number of hydrogen-bond acceptors (Lipinski definition) is 3. The Morgan fingerprint density at radius 3 is 2.38 bits per heavy atom. The summed E-state index contributed by atoms with van der Waals surface area (Å²) >= 11 is 3.74. The van der Waals surface area contributed by atoms with E-state index in [1.165, 1.54) is 18.4 Å². The van der Waals surface area contributed by atoms with E-state index in [2.05, 4.69) is 42.8 Å². The fraction of sp³-hybridized carbons (Fsp3) is 0.636. The molecule has 1 N–H and O–H groups in total. The van der Waals surface area contributed by atoms with Crippen LogP contribution in [0, 0.1) is 10.8 Å². The molecule has 0 bridgehead atoms. The first-order valence-electron chi connectivity index (χ1n) is 9.55. The number of methoxy groups -OCH3 is 2. The van der Waals surface area contributed by atoms with E-state index < -0.39 is 0 Å². The minimum Gasteiger partial charge on any atom is -0.493 e. The van der Waals surface area contributed by atoms with Crippen LogP contribution >= 0.6 is 15.9 Å². The van der Waals surface area contributed by atoms with Gasteiger partial charge in [0.2, 0.25) is 0 Å². The van der Waals surface area contributed by atoms with Gasteiger partial charge in [0, 0.05) is 10.4 Å². The standard InChI is InChI=1S/C22H31BrO3/c1-21(2)10-7-11-22(3)19(21)9-6-8-16(24)20(22)14-12-17(25-4)18(26-5)13-15(14)23/h9,12-13,16,20,24H,6-8,10-11H2,1-5H3. The molecule has 2 aliphatic rings. The Balaban J connectivity index is 2.17. The van der Waals surface area contributed by atoms with Gasteiger partial charge in [-0.05, 0) is 54.2 Å². The molecule has 3 atom stereocenters. The largest absolute Gasteiger partial charge is 0.493 e. The van der Waals surface area contributed by atoms with Crippen molar-refractivity contribution < 1.29 is 14.6 Å². The summed E-state index contributed by atoms with van der Waals surface area (Å²) in [6, 6.07) is 4.01. The predicted octanol–water partition coefficient (Wildman–Crippen LogP) is 5.85. The van der Waals surface area contributed by atoms with E-state index >= 15 is 0 Å². The second-order valence-electron chi connectivity index (χ2n) is 8.62. The summed E-state index contributed by atoms with van der Waals surface area (Å²) in [5.41, 5.74) is 2.75. The van der Waals surface area contributed by atoms with Crippen LogP contribution < -0.4 is 9.47 Å². The zero-order valence-electron chi connectivity index (χ0n) is 16.6. The van der Waals surface area contributed by atoms with Gasteiger partial charge >= 0.3 is 0 Å². The third-order valence-electron chi connectivity index (χ3n) is 6.56. The minimum absolute atomic E-state index is 0.0324. The molecule has 1 fully saturated rings. The maximum Gasteiger partial charge on any atom is 0.161 e. The van der Waals surface area contributed by atoms with Crippen molar-refractivity contribution >= 4 is 15.9 Å². The lowest BCUT2D eigenvalue weighted by atomic mass is 9.54. The SMILES string of the molecule is COc1cc(Br)c(C2C(O)CCC=C3C(C)(C)CCCC32C)cc1OC. The molecule has 3 rings (SSSR count). The number of aliphatic hydroxyl groups is 1. The molecular formula is C22H31BrO3. The Hall–Kier alpha value is -1.00. The number of hydrogen-bond donors (Lipinski definition) is 1. The van der Waals surface area contributed by atoms with Gasteiger partial charge in [-0.1, -0.05) is 54.8 Å². The van der Waals surface area contributed by atoms with Gasteiger partial charge in [0.15, 0.2) is 11.5 Å². The highest BCUT2D eigenvalue weighted by atomic mass is 79.9. The van der Waals surface area contributed by atoms with Gasteiger partial charge in [0.1, 0.15) is 0 Å². The van der Waals surface area contributed by atoms with Crippen molar-refractivity contribution in [3.8, 4) is 11.5 Å². The van der Waals surface area contributed by atoms with Gasteiger partial charge in [-0.3, -0.25) is 0 Å². The maximum atomic E-state index is 11.2. The summed E-state index contributed by atoms with van der Waals surface area (Å²) in [5.74, 6) is 1.45.